The van der Waals surface area contributed by atoms with Crippen LogP contribution in [0.1, 0.15) is 11.6 Å². The Morgan fingerprint density at radius 2 is 2.16 bits per heavy atom. The molecule has 7 heteroatoms. The topological polar surface area (TPSA) is 42.2 Å². The van der Waals surface area contributed by atoms with Crippen LogP contribution in [0.15, 0.2) is 29.6 Å². The first-order chi connectivity index (χ1) is 8.90. The highest BCUT2D eigenvalue weighted by Crippen LogP contribution is 2.33. The van der Waals surface area contributed by atoms with Crippen molar-refractivity contribution in [3.8, 4) is 0 Å². The molecule has 19 heavy (non-hydrogen) atoms. The third kappa shape index (κ3) is 2.31. The Morgan fingerprint density at radius 3 is 2.68 bits per heavy atom. The van der Waals surface area contributed by atoms with E-state index in [-0.39, 0.29) is 5.39 Å². The summed E-state index contributed by atoms with van der Waals surface area (Å²) in [4.78, 5) is 12.0. The molecule has 1 aromatic heterocycles. The summed E-state index contributed by atoms with van der Waals surface area (Å²) in [6.07, 6.45) is -3.20. The molecule has 0 amide bonds. The lowest BCUT2D eigenvalue weighted by Crippen LogP contribution is -2.33. The normalized spacial score (nSPS) is 13.7. The Labute approximate surface area is 110 Å². The molecular formula is C12H10F3NO2S. The molecule has 1 heterocycles. The number of hydrogen-bond acceptors (Lipinski definition) is 3. The van der Waals surface area contributed by atoms with Gasteiger partial charge in [-0.1, -0.05) is 36.3 Å². The maximum atomic E-state index is 12.8. The first-order valence-corrected chi connectivity index (χ1v) is 6.12. The number of aromatic nitrogens is 1. The number of rotatable bonds is 3. The van der Waals surface area contributed by atoms with Gasteiger partial charge in [0.15, 0.2) is 6.04 Å². The first-order valence-electron chi connectivity index (χ1n) is 5.34. The lowest BCUT2D eigenvalue weighted by molar-refractivity contribution is -0.174. The van der Waals surface area contributed by atoms with Gasteiger partial charge in [-0.15, -0.1) is 0 Å². The number of hydrogen-bond donors (Lipinski definition) is 1. The lowest BCUT2D eigenvalue weighted by atomic mass is 10.2. The average Bonchev–Trinajstić information content (AvgIpc) is 2.66. The van der Waals surface area contributed by atoms with E-state index in [1.165, 1.54) is 12.1 Å². The fraction of sp³-hybridized carbons (Fsp3) is 0.250. The fourth-order valence-electron chi connectivity index (χ4n) is 1.76. The number of nitrogens with zero attached hydrogens (tertiary/aromatic N) is 1. The second-order valence-corrected chi connectivity index (χ2v) is 4.87. The van der Waals surface area contributed by atoms with Crippen molar-refractivity contribution in [2.75, 3.05) is 6.61 Å². The van der Waals surface area contributed by atoms with Crippen LogP contribution in [0.3, 0.4) is 0 Å². The van der Waals surface area contributed by atoms with Crippen LogP contribution in [-0.4, -0.2) is 21.8 Å². The summed E-state index contributed by atoms with van der Waals surface area (Å²) in [7, 11) is 0. The summed E-state index contributed by atoms with van der Waals surface area (Å²) < 4.78 is 39.3. The number of alkyl halides is 3. The Bertz CT molecular complexity index is 672. The van der Waals surface area contributed by atoms with E-state index >= 15 is 0 Å². The third-order valence-corrected chi connectivity index (χ3v) is 3.97. The van der Waals surface area contributed by atoms with E-state index < -0.39 is 24.4 Å². The van der Waals surface area contributed by atoms with Gasteiger partial charge in [-0.2, -0.15) is 13.2 Å². The van der Waals surface area contributed by atoms with Crippen molar-refractivity contribution in [1.82, 2.24) is 3.96 Å². The van der Waals surface area contributed by atoms with Gasteiger partial charge in [0, 0.05) is 0 Å². The van der Waals surface area contributed by atoms with Crippen molar-refractivity contribution in [2.45, 2.75) is 12.2 Å². The highest BCUT2D eigenvalue weighted by atomic mass is 32.1. The van der Waals surface area contributed by atoms with Crippen LogP contribution in [0.5, 0.6) is 0 Å². The molecule has 1 unspecified atom stereocenters. The van der Waals surface area contributed by atoms with Crippen LogP contribution in [0.4, 0.5) is 13.2 Å². The molecule has 2 rings (SSSR count). The molecule has 0 spiro atoms. The minimum Gasteiger partial charge on any atom is -0.394 e. The highest BCUT2D eigenvalue weighted by molar-refractivity contribution is 7.14. The van der Waals surface area contributed by atoms with E-state index in [2.05, 4.69) is 6.58 Å². The molecule has 0 bridgehead atoms. The second kappa shape index (κ2) is 4.82. The molecule has 102 valence electrons. The number of fused-ring (bicyclic) bond motifs is 1. The summed E-state index contributed by atoms with van der Waals surface area (Å²) in [5.74, 6) is 0. The van der Waals surface area contributed by atoms with E-state index in [0.29, 0.717) is 25.8 Å². The molecule has 0 aliphatic carbocycles. The van der Waals surface area contributed by atoms with Crippen LogP contribution in [0, 0.1) is 0 Å². The van der Waals surface area contributed by atoms with E-state index in [0.717, 1.165) is 0 Å². The summed E-state index contributed by atoms with van der Waals surface area (Å²) >= 11 is 0.688. The minimum atomic E-state index is -4.67. The molecule has 0 radical (unpaired) electrons. The van der Waals surface area contributed by atoms with Gasteiger partial charge in [0.25, 0.3) is 5.56 Å². The number of benzene rings is 1. The minimum absolute atomic E-state index is 0.199. The standard InChI is InChI=1S/C12H10F3NO2S/c1-2-7-4-3-5-8-10(7)19-16(11(8)18)9(6-17)12(13,14)15/h2-5,9,17H,1,6H2. The number of aliphatic hydroxyl groups is 1. The van der Waals surface area contributed by atoms with Gasteiger partial charge in [-0.25, -0.2) is 3.96 Å². The molecule has 0 saturated heterocycles. The smallest absolute Gasteiger partial charge is 0.394 e. The van der Waals surface area contributed by atoms with Gasteiger partial charge in [-0.05, 0) is 11.6 Å². The molecule has 1 atom stereocenters. The molecule has 0 aliphatic rings. The van der Waals surface area contributed by atoms with E-state index in [1.807, 2.05) is 0 Å². The zero-order valence-corrected chi connectivity index (χ0v) is 10.5. The van der Waals surface area contributed by atoms with Crippen molar-refractivity contribution >= 4 is 27.7 Å². The Balaban J connectivity index is 2.72. The molecule has 0 saturated carbocycles. The van der Waals surface area contributed by atoms with Crippen LogP contribution in [0.2, 0.25) is 0 Å². The van der Waals surface area contributed by atoms with Crippen LogP contribution >= 0.6 is 11.5 Å². The summed E-state index contributed by atoms with van der Waals surface area (Å²) in [5.41, 5.74) is -0.155. The predicted molar refractivity (Wildman–Crippen MR) is 68.4 cm³/mol. The van der Waals surface area contributed by atoms with Crippen LogP contribution in [0.25, 0.3) is 16.2 Å². The van der Waals surface area contributed by atoms with Gasteiger partial charge >= 0.3 is 6.18 Å². The van der Waals surface area contributed by atoms with E-state index in [1.54, 1.807) is 12.1 Å². The second-order valence-electron chi connectivity index (χ2n) is 3.89. The summed E-state index contributed by atoms with van der Waals surface area (Å²) in [5, 5.41) is 9.10. The van der Waals surface area contributed by atoms with Crippen molar-refractivity contribution in [2.24, 2.45) is 0 Å². The zero-order valence-electron chi connectivity index (χ0n) is 9.65. The van der Waals surface area contributed by atoms with Crippen molar-refractivity contribution in [1.29, 1.82) is 0 Å². The highest BCUT2D eigenvalue weighted by Gasteiger charge is 2.42. The SMILES string of the molecule is C=Cc1cccc2c(=O)n(C(CO)C(F)(F)F)sc12. The summed E-state index contributed by atoms with van der Waals surface area (Å²) in [6, 6.07) is 2.49. The Morgan fingerprint density at radius 1 is 1.47 bits per heavy atom. The molecule has 0 aliphatic heterocycles. The maximum Gasteiger partial charge on any atom is 0.412 e. The molecule has 1 N–H and O–H groups in total. The quantitative estimate of drug-likeness (QED) is 0.944. The number of halogens is 3. The molecule has 1 aromatic carbocycles. The van der Waals surface area contributed by atoms with Crippen molar-refractivity contribution in [3.05, 3.63) is 40.7 Å². The van der Waals surface area contributed by atoms with Crippen molar-refractivity contribution < 1.29 is 18.3 Å². The lowest BCUT2D eigenvalue weighted by Gasteiger charge is -2.17. The van der Waals surface area contributed by atoms with Gasteiger partial charge < -0.3 is 5.11 Å². The van der Waals surface area contributed by atoms with Crippen LogP contribution < -0.4 is 5.56 Å². The Kier molecular flexibility index (Phi) is 3.51. The third-order valence-electron chi connectivity index (χ3n) is 2.72. The van der Waals surface area contributed by atoms with E-state index in [4.69, 9.17) is 5.11 Å². The Hall–Kier alpha value is -1.60. The molecule has 3 nitrogen and oxygen atoms in total. The van der Waals surface area contributed by atoms with E-state index in [9.17, 15) is 18.0 Å². The first kappa shape index (κ1) is 13.8. The van der Waals surface area contributed by atoms with Gasteiger partial charge in [0.05, 0.1) is 16.7 Å². The molecule has 0 fully saturated rings. The summed E-state index contributed by atoms with van der Waals surface area (Å²) in [6.45, 7) is 2.39. The van der Waals surface area contributed by atoms with Crippen LogP contribution in [-0.2, 0) is 0 Å². The molecular weight excluding hydrogens is 279 g/mol. The predicted octanol–water partition coefficient (Wildman–Crippen LogP) is 2.80. The fourth-order valence-corrected chi connectivity index (χ4v) is 2.96. The zero-order chi connectivity index (χ0) is 14.2. The largest absolute Gasteiger partial charge is 0.412 e. The molecule has 2 aromatic rings. The van der Waals surface area contributed by atoms with Gasteiger partial charge in [0.2, 0.25) is 0 Å². The van der Waals surface area contributed by atoms with Gasteiger partial charge in [0.1, 0.15) is 0 Å². The maximum absolute atomic E-state index is 12.8. The van der Waals surface area contributed by atoms with Crippen molar-refractivity contribution in [3.63, 3.8) is 0 Å². The number of aliphatic hydroxyl groups excluding tert-OH is 1. The monoisotopic (exact) mass is 289 g/mol. The van der Waals surface area contributed by atoms with Gasteiger partial charge in [-0.3, -0.25) is 4.79 Å². The average molecular weight is 289 g/mol.